The van der Waals surface area contributed by atoms with Gasteiger partial charge in [-0.2, -0.15) is 5.26 Å². The van der Waals surface area contributed by atoms with Gasteiger partial charge >= 0.3 is 6.03 Å². The number of carbonyl (C=O) groups is 1. The molecule has 0 aromatic heterocycles. The van der Waals surface area contributed by atoms with Gasteiger partial charge in [0.05, 0.1) is 24.4 Å². The summed E-state index contributed by atoms with van der Waals surface area (Å²) in [5, 5.41) is 12.0. The van der Waals surface area contributed by atoms with Crippen molar-refractivity contribution in [3.05, 3.63) is 54.1 Å². The number of hydrogen-bond acceptors (Lipinski definition) is 4. The van der Waals surface area contributed by atoms with E-state index in [1.165, 1.54) is 0 Å². The van der Waals surface area contributed by atoms with Crippen LogP contribution in [0, 0.1) is 11.3 Å². The van der Waals surface area contributed by atoms with Gasteiger partial charge in [0.1, 0.15) is 5.75 Å². The molecule has 1 unspecified atom stereocenters. The van der Waals surface area contributed by atoms with E-state index in [0.717, 1.165) is 49.2 Å². The Labute approximate surface area is 191 Å². The van der Waals surface area contributed by atoms with Crippen molar-refractivity contribution in [3.63, 3.8) is 0 Å². The maximum atomic E-state index is 12.5. The molecular weight excluding hydrogens is 400 g/mol. The van der Waals surface area contributed by atoms with Gasteiger partial charge in [0, 0.05) is 25.7 Å². The van der Waals surface area contributed by atoms with Gasteiger partial charge in [-0.1, -0.05) is 24.3 Å². The van der Waals surface area contributed by atoms with E-state index in [-0.39, 0.29) is 17.7 Å². The Kier molecular flexibility index (Phi) is 7.76. The number of rotatable bonds is 7. The minimum absolute atomic E-state index is 0.0204. The van der Waals surface area contributed by atoms with Crippen LogP contribution in [0.15, 0.2) is 48.5 Å². The molecule has 1 N–H and O–H groups in total. The lowest BCUT2D eigenvalue weighted by atomic mass is 10.0. The van der Waals surface area contributed by atoms with Gasteiger partial charge in [0.15, 0.2) is 0 Å². The topological polar surface area (TPSA) is 68.6 Å². The summed E-state index contributed by atoms with van der Waals surface area (Å²) in [6, 6.07) is 17.7. The maximum absolute atomic E-state index is 12.5. The van der Waals surface area contributed by atoms with Crippen LogP contribution in [-0.2, 0) is 0 Å². The largest absolute Gasteiger partial charge is 0.494 e. The highest BCUT2D eigenvalue weighted by Gasteiger charge is 2.31. The quantitative estimate of drug-likeness (QED) is 0.632. The van der Waals surface area contributed by atoms with Crippen LogP contribution in [-0.4, -0.2) is 54.3 Å². The van der Waals surface area contributed by atoms with E-state index in [9.17, 15) is 4.79 Å². The number of urea groups is 1. The van der Waals surface area contributed by atoms with Gasteiger partial charge in [0.2, 0.25) is 0 Å². The Morgan fingerprint density at radius 2 is 1.78 bits per heavy atom. The fourth-order valence-corrected chi connectivity index (χ4v) is 3.99. The molecule has 170 valence electrons. The molecule has 1 aliphatic rings. The van der Waals surface area contributed by atoms with Crippen LogP contribution >= 0.6 is 0 Å². The van der Waals surface area contributed by atoms with E-state index in [4.69, 9.17) is 10.00 Å². The third-order valence-electron chi connectivity index (χ3n) is 5.64. The van der Waals surface area contributed by atoms with Crippen LogP contribution in [0.4, 0.5) is 4.79 Å². The smallest absolute Gasteiger partial charge is 0.318 e. The third-order valence-corrected chi connectivity index (χ3v) is 5.64. The molecule has 0 bridgehead atoms. The molecule has 32 heavy (non-hydrogen) atoms. The van der Waals surface area contributed by atoms with Crippen LogP contribution in [0.2, 0.25) is 0 Å². The van der Waals surface area contributed by atoms with Crippen LogP contribution in [0.25, 0.3) is 11.1 Å². The number of ether oxygens (including phenoxy) is 1. The minimum Gasteiger partial charge on any atom is -0.494 e. The first-order chi connectivity index (χ1) is 15.3. The molecule has 0 spiro atoms. The number of nitrogens with one attached hydrogen (secondary N) is 1. The summed E-state index contributed by atoms with van der Waals surface area (Å²) < 4.78 is 5.94. The molecule has 2 aromatic carbocycles. The van der Waals surface area contributed by atoms with Crippen LogP contribution in [0.5, 0.6) is 5.75 Å². The Hall–Kier alpha value is -3.04. The second-order valence-corrected chi connectivity index (χ2v) is 9.37. The molecule has 3 rings (SSSR count). The Balaban J connectivity index is 1.45. The minimum atomic E-state index is -0.238. The van der Waals surface area contributed by atoms with E-state index in [1.54, 1.807) is 0 Å². The monoisotopic (exact) mass is 434 g/mol. The number of carbonyl (C=O) groups excluding carboxylic acids is 1. The number of likely N-dealkylation sites (tertiary alicyclic amines) is 1. The zero-order valence-corrected chi connectivity index (χ0v) is 19.6. The molecule has 0 radical (unpaired) electrons. The van der Waals surface area contributed by atoms with Crippen LogP contribution < -0.4 is 10.1 Å². The second kappa shape index (κ2) is 10.5. The highest BCUT2D eigenvalue weighted by atomic mass is 16.5. The first kappa shape index (κ1) is 23.6. The van der Waals surface area contributed by atoms with Crippen molar-refractivity contribution in [1.82, 2.24) is 15.1 Å². The number of benzene rings is 2. The van der Waals surface area contributed by atoms with Gasteiger partial charge in [-0.15, -0.1) is 0 Å². The van der Waals surface area contributed by atoms with Gasteiger partial charge < -0.3 is 15.0 Å². The molecule has 2 aromatic rings. The number of amides is 2. The normalized spacial score (nSPS) is 16.4. The SMILES string of the molecule is CN(C(=O)NC(C)(C)C)C1CCCN1CCCOc1ccc(-c2ccc(C#N)cc2)cc1. The highest BCUT2D eigenvalue weighted by molar-refractivity contribution is 5.75. The van der Waals surface area contributed by atoms with Gasteiger partial charge in [0.25, 0.3) is 0 Å². The number of nitrogens with zero attached hydrogens (tertiary/aromatic N) is 3. The Morgan fingerprint density at radius 3 is 2.38 bits per heavy atom. The van der Waals surface area contributed by atoms with Crippen molar-refractivity contribution >= 4 is 6.03 Å². The first-order valence-corrected chi connectivity index (χ1v) is 11.3. The average molecular weight is 435 g/mol. The lowest BCUT2D eigenvalue weighted by molar-refractivity contribution is 0.105. The molecule has 1 heterocycles. The summed E-state index contributed by atoms with van der Waals surface area (Å²) >= 11 is 0. The fraction of sp³-hybridized carbons (Fsp3) is 0.462. The molecule has 1 fully saturated rings. The predicted molar refractivity (Wildman–Crippen MR) is 127 cm³/mol. The van der Waals surface area contributed by atoms with Crippen molar-refractivity contribution in [2.24, 2.45) is 0 Å². The molecule has 0 aliphatic carbocycles. The predicted octanol–water partition coefficient (Wildman–Crippen LogP) is 4.86. The summed E-state index contributed by atoms with van der Waals surface area (Å²) in [6.07, 6.45) is 3.16. The zero-order valence-electron chi connectivity index (χ0n) is 19.6. The molecular formula is C26H34N4O2. The van der Waals surface area contributed by atoms with Crippen LogP contribution in [0.1, 0.15) is 45.6 Å². The summed E-state index contributed by atoms with van der Waals surface area (Å²) in [4.78, 5) is 16.7. The van der Waals surface area contributed by atoms with Crippen molar-refractivity contribution in [2.75, 3.05) is 26.7 Å². The first-order valence-electron chi connectivity index (χ1n) is 11.3. The maximum Gasteiger partial charge on any atom is 0.318 e. The summed E-state index contributed by atoms with van der Waals surface area (Å²) in [6.45, 7) is 8.55. The lowest BCUT2D eigenvalue weighted by Gasteiger charge is -2.34. The molecule has 1 aliphatic heterocycles. The Bertz CT molecular complexity index is 926. The van der Waals surface area contributed by atoms with Crippen molar-refractivity contribution in [2.45, 2.75) is 51.7 Å². The van der Waals surface area contributed by atoms with Crippen molar-refractivity contribution < 1.29 is 9.53 Å². The summed E-state index contributed by atoms with van der Waals surface area (Å²) in [5.74, 6) is 0.849. The number of nitriles is 1. The van der Waals surface area contributed by atoms with E-state index in [1.807, 2.05) is 81.2 Å². The number of hydrogen-bond donors (Lipinski definition) is 1. The van der Waals surface area contributed by atoms with Gasteiger partial charge in [-0.3, -0.25) is 4.90 Å². The van der Waals surface area contributed by atoms with E-state index in [0.29, 0.717) is 12.2 Å². The average Bonchev–Trinajstić information content (AvgIpc) is 3.24. The van der Waals surface area contributed by atoms with E-state index >= 15 is 0 Å². The summed E-state index contributed by atoms with van der Waals surface area (Å²) in [7, 11) is 1.88. The highest BCUT2D eigenvalue weighted by Crippen LogP contribution is 2.24. The zero-order chi connectivity index (χ0) is 23.1. The molecule has 6 nitrogen and oxygen atoms in total. The third kappa shape index (κ3) is 6.48. The van der Waals surface area contributed by atoms with E-state index in [2.05, 4.69) is 16.3 Å². The summed E-state index contributed by atoms with van der Waals surface area (Å²) in [5.41, 5.74) is 2.60. The van der Waals surface area contributed by atoms with Crippen molar-refractivity contribution in [1.29, 1.82) is 5.26 Å². The molecule has 6 heteroatoms. The van der Waals surface area contributed by atoms with Crippen molar-refractivity contribution in [3.8, 4) is 22.9 Å². The second-order valence-electron chi connectivity index (χ2n) is 9.37. The molecule has 1 atom stereocenters. The molecule has 2 amide bonds. The van der Waals surface area contributed by atoms with Gasteiger partial charge in [-0.25, -0.2) is 4.79 Å². The van der Waals surface area contributed by atoms with E-state index < -0.39 is 0 Å². The van der Waals surface area contributed by atoms with Crippen LogP contribution in [0.3, 0.4) is 0 Å². The Morgan fingerprint density at radius 1 is 1.16 bits per heavy atom. The lowest BCUT2D eigenvalue weighted by Crippen LogP contribution is -2.53. The molecule has 1 saturated heterocycles. The standard InChI is InChI=1S/C26H34N4O2/c1-26(2,3)28-25(31)29(4)24-7-5-16-30(24)17-6-18-32-23-14-12-22(13-15-23)21-10-8-20(19-27)9-11-21/h8-15,24H,5-7,16-18H2,1-4H3,(H,28,31). The fourth-order valence-electron chi connectivity index (χ4n) is 3.99. The molecule has 0 saturated carbocycles. The van der Waals surface area contributed by atoms with Gasteiger partial charge in [-0.05, 0) is 75.4 Å².